The van der Waals surface area contributed by atoms with Crippen molar-refractivity contribution < 1.29 is 38.7 Å². The molecule has 0 saturated heterocycles. The molecule has 3 aromatic rings. The second-order valence-electron chi connectivity index (χ2n) is 8.51. The summed E-state index contributed by atoms with van der Waals surface area (Å²) in [5, 5.41) is 42.1. The lowest BCUT2D eigenvalue weighted by molar-refractivity contribution is -0.385. The van der Waals surface area contributed by atoms with Crippen molar-refractivity contribution in [2.45, 2.75) is 18.9 Å². The predicted molar refractivity (Wildman–Crippen MR) is 136 cm³/mol. The van der Waals surface area contributed by atoms with E-state index in [1.807, 2.05) is 0 Å². The molecule has 3 heterocycles. The van der Waals surface area contributed by atoms with E-state index in [9.17, 15) is 40.0 Å². The molecule has 40 heavy (non-hydrogen) atoms. The molecule has 1 aromatic carbocycles. The molecule has 2 aromatic heterocycles. The van der Waals surface area contributed by atoms with Gasteiger partial charge >= 0.3 is 17.9 Å². The maximum absolute atomic E-state index is 13.0. The Morgan fingerprint density at radius 3 is 2.38 bits per heavy atom. The molecule has 3 unspecified atom stereocenters. The van der Waals surface area contributed by atoms with Crippen LogP contribution in [0, 0.1) is 27.4 Å². The van der Waals surface area contributed by atoms with Crippen LogP contribution in [0.4, 0.5) is 11.4 Å². The lowest BCUT2D eigenvalue weighted by Crippen LogP contribution is -2.50. The smallest absolute Gasteiger partial charge is 0.350 e. The molecule has 2 N–H and O–H groups in total. The minimum atomic E-state index is -1.77. The van der Waals surface area contributed by atoms with Crippen LogP contribution in [0.2, 0.25) is 0 Å². The highest BCUT2D eigenvalue weighted by molar-refractivity contribution is 5.94. The first-order valence-corrected chi connectivity index (χ1v) is 11.6. The Bertz CT molecular complexity index is 1570. The molecule has 0 bridgehead atoms. The number of esters is 1. The molecule has 0 radical (unpaired) electrons. The molecule has 202 valence electrons. The molecule has 0 amide bonds. The van der Waals surface area contributed by atoms with Crippen LogP contribution >= 0.6 is 0 Å². The van der Waals surface area contributed by atoms with Gasteiger partial charge in [-0.3, -0.25) is 24.7 Å². The predicted octanol–water partition coefficient (Wildman–Crippen LogP) is 3.72. The summed E-state index contributed by atoms with van der Waals surface area (Å²) in [5.74, 6) is -7.84. The third-order valence-electron chi connectivity index (χ3n) is 6.19. The van der Waals surface area contributed by atoms with E-state index in [1.165, 1.54) is 72.1 Å². The van der Waals surface area contributed by atoms with E-state index in [0.29, 0.717) is 0 Å². The Kier molecular flexibility index (Phi) is 7.71. The van der Waals surface area contributed by atoms with Crippen molar-refractivity contribution in [2.75, 3.05) is 4.90 Å². The summed E-state index contributed by atoms with van der Waals surface area (Å²) in [6, 6.07) is 11.4. The zero-order valence-corrected chi connectivity index (χ0v) is 20.7. The minimum Gasteiger partial charge on any atom is -0.481 e. The first-order chi connectivity index (χ1) is 19.1. The number of benzene rings is 1. The fourth-order valence-corrected chi connectivity index (χ4v) is 4.70. The Morgan fingerprint density at radius 2 is 1.82 bits per heavy atom. The fraction of sp³-hybridized carbons (Fsp3) is 0.148. The van der Waals surface area contributed by atoms with Crippen LogP contribution in [0.3, 0.4) is 0 Å². The van der Waals surface area contributed by atoms with Gasteiger partial charge in [-0.15, -0.1) is 0 Å². The molecular formula is C27H20N4O9. The number of hydrogen-bond acceptors (Lipinski definition) is 10. The minimum absolute atomic E-state index is 0.000609. The van der Waals surface area contributed by atoms with Gasteiger partial charge in [0.15, 0.2) is 11.3 Å². The molecule has 3 atom stereocenters. The summed E-state index contributed by atoms with van der Waals surface area (Å²) in [4.78, 5) is 54.0. The summed E-state index contributed by atoms with van der Waals surface area (Å²) < 4.78 is 10.9. The van der Waals surface area contributed by atoms with Crippen molar-refractivity contribution in [2.24, 2.45) is 5.92 Å². The lowest BCUT2D eigenvalue weighted by Gasteiger charge is -2.44. The molecule has 0 spiro atoms. The number of carboxylic acids is 2. The van der Waals surface area contributed by atoms with Gasteiger partial charge in [0, 0.05) is 42.6 Å². The molecular weight excluding hydrogens is 524 g/mol. The number of nitro groups is 1. The first-order valence-electron chi connectivity index (χ1n) is 11.6. The van der Waals surface area contributed by atoms with Crippen molar-refractivity contribution >= 4 is 35.0 Å². The standard InChI is InChI=1S/C27H20N4O9/c1-15(32)40-25(19(14-28)26(33)34)24-23(27(35)36)18(17-5-2-3-6-20(17)31(37)38)13-21(22-7-4-12-39-22)30(24)16-8-10-29-11-9-16/h2-13,18,23-24H,1H3,(H,33,34)(H,35,36)/b25-19-. The topological polar surface area (TPSA) is 197 Å². The maximum atomic E-state index is 13.0. The average molecular weight is 544 g/mol. The van der Waals surface area contributed by atoms with E-state index < -0.39 is 52.0 Å². The van der Waals surface area contributed by atoms with Gasteiger partial charge in [0.1, 0.15) is 17.9 Å². The number of carbonyl (C=O) groups excluding carboxylic acids is 1. The van der Waals surface area contributed by atoms with Gasteiger partial charge < -0.3 is 24.3 Å². The Labute approximate surface area is 226 Å². The summed E-state index contributed by atoms with van der Waals surface area (Å²) in [6.07, 6.45) is 5.59. The second-order valence-corrected chi connectivity index (χ2v) is 8.51. The van der Waals surface area contributed by atoms with Crippen LogP contribution in [0.5, 0.6) is 0 Å². The van der Waals surface area contributed by atoms with Gasteiger partial charge in [-0.2, -0.15) is 5.26 Å². The van der Waals surface area contributed by atoms with E-state index in [4.69, 9.17) is 9.15 Å². The van der Waals surface area contributed by atoms with Gasteiger partial charge in [-0.05, 0) is 30.3 Å². The number of furan rings is 1. The van der Waals surface area contributed by atoms with E-state index in [2.05, 4.69) is 4.98 Å². The van der Waals surface area contributed by atoms with Gasteiger partial charge in [-0.25, -0.2) is 4.79 Å². The normalized spacial score (nSPS) is 19.1. The zero-order chi connectivity index (χ0) is 29.0. The van der Waals surface area contributed by atoms with Crippen molar-refractivity contribution in [3.63, 3.8) is 0 Å². The number of anilines is 1. The Hall–Kier alpha value is -5.77. The molecule has 13 heteroatoms. The molecule has 1 aliphatic rings. The number of allylic oxidation sites excluding steroid dienone is 1. The van der Waals surface area contributed by atoms with Crippen molar-refractivity contribution in [1.29, 1.82) is 5.26 Å². The van der Waals surface area contributed by atoms with Crippen molar-refractivity contribution in [1.82, 2.24) is 4.98 Å². The number of pyridine rings is 1. The highest BCUT2D eigenvalue weighted by atomic mass is 16.6. The maximum Gasteiger partial charge on any atom is 0.350 e. The van der Waals surface area contributed by atoms with Crippen LogP contribution in [0.15, 0.2) is 89.0 Å². The van der Waals surface area contributed by atoms with Crippen LogP contribution < -0.4 is 4.90 Å². The summed E-state index contributed by atoms with van der Waals surface area (Å²) in [6.45, 7) is 0.967. The third-order valence-corrected chi connectivity index (χ3v) is 6.19. The molecule has 13 nitrogen and oxygen atoms in total. The number of carboxylic acid groups (broad SMARTS) is 2. The highest BCUT2D eigenvalue weighted by Crippen LogP contribution is 2.48. The number of para-hydroxylation sites is 1. The zero-order valence-electron chi connectivity index (χ0n) is 20.7. The summed E-state index contributed by atoms with van der Waals surface area (Å²) >= 11 is 0. The molecule has 4 rings (SSSR count). The Morgan fingerprint density at radius 1 is 1.12 bits per heavy atom. The fourth-order valence-electron chi connectivity index (χ4n) is 4.70. The molecule has 1 aliphatic heterocycles. The third kappa shape index (κ3) is 5.14. The van der Waals surface area contributed by atoms with Gasteiger partial charge in [0.05, 0.1) is 22.8 Å². The lowest BCUT2D eigenvalue weighted by atomic mass is 9.75. The number of ether oxygens (including phenoxy) is 1. The number of carbonyl (C=O) groups is 3. The highest BCUT2D eigenvalue weighted by Gasteiger charge is 2.50. The van der Waals surface area contributed by atoms with E-state index in [-0.39, 0.29) is 28.4 Å². The number of hydrogen-bond donors (Lipinski definition) is 2. The average Bonchev–Trinajstić information content (AvgIpc) is 3.47. The number of aromatic nitrogens is 1. The molecule has 0 saturated carbocycles. The van der Waals surface area contributed by atoms with Crippen LogP contribution in [-0.2, 0) is 19.1 Å². The van der Waals surface area contributed by atoms with Gasteiger partial charge in [0.25, 0.3) is 5.69 Å². The van der Waals surface area contributed by atoms with E-state index in [1.54, 1.807) is 12.1 Å². The number of nitrogens with zero attached hydrogens (tertiary/aromatic N) is 4. The van der Waals surface area contributed by atoms with Crippen LogP contribution in [0.25, 0.3) is 5.70 Å². The second kappa shape index (κ2) is 11.3. The van der Waals surface area contributed by atoms with Gasteiger partial charge in [-0.1, -0.05) is 18.2 Å². The van der Waals surface area contributed by atoms with E-state index >= 15 is 0 Å². The van der Waals surface area contributed by atoms with E-state index in [0.717, 1.165) is 6.92 Å². The van der Waals surface area contributed by atoms with Crippen LogP contribution in [-0.4, -0.2) is 44.1 Å². The monoisotopic (exact) mass is 544 g/mol. The van der Waals surface area contributed by atoms with Crippen molar-refractivity contribution in [3.05, 3.63) is 106 Å². The number of nitriles is 1. The summed E-state index contributed by atoms with van der Waals surface area (Å²) in [7, 11) is 0. The number of rotatable bonds is 8. The first kappa shape index (κ1) is 27.3. The number of nitro benzene ring substituents is 1. The molecule has 0 aliphatic carbocycles. The largest absolute Gasteiger partial charge is 0.481 e. The quantitative estimate of drug-likeness (QED) is 0.104. The Balaban J connectivity index is 2.17. The van der Waals surface area contributed by atoms with Gasteiger partial charge in [0.2, 0.25) is 0 Å². The summed E-state index contributed by atoms with van der Waals surface area (Å²) in [5.41, 5.74) is -0.954. The van der Waals surface area contributed by atoms with Crippen LogP contribution in [0.1, 0.15) is 24.2 Å². The SMILES string of the molecule is CC(=O)O/C(=C(/C#N)C(=O)O)C1C(C(=O)O)C(c2ccccc2[N+](=O)[O-])C=C(c2ccco2)N1c1ccncc1. The molecule has 0 fully saturated rings. The van der Waals surface area contributed by atoms with Crippen molar-refractivity contribution in [3.8, 4) is 6.07 Å². The number of aliphatic carboxylic acids is 2.